The van der Waals surface area contributed by atoms with Gasteiger partial charge in [0.2, 0.25) is 0 Å². The molecular weight excluding hydrogens is 382 g/mol. The minimum Gasteiger partial charge on any atom is -0.470 e. The zero-order valence-corrected chi connectivity index (χ0v) is 19.9. The zero-order valence-electron chi connectivity index (χ0n) is 18.2. The molecule has 2 aromatic rings. The molecule has 0 amide bonds. The highest BCUT2D eigenvalue weighted by molar-refractivity contribution is 7.25. The van der Waals surface area contributed by atoms with Gasteiger partial charge in [0.25, 0.3) is 5.19 Å². The lowest BCUT2D eigenvalue weighted by molar-refractivity contribution is 0.303. The Labute approximate surface area is 180 Å². The number of thiazole rings is 1. The van der Waals surface area contributed by atoms with Gasteiger partial charge in [0.05, 0.1) is 16.8 Å². The molecule has 0 saturated heterocycles. The highest BCUT2D eigenvalue weighted by Crippen LogP contribution is 2.37. The van der Waals surface area contributed by atoms with Crippen LogP contribution in [0.15, 0.2) is 12.2 Å². The monoisotopic (exact) mass is 421 g/mol. The average Bonchev–Trinajstić information content (AvgIpc) is 3.22. The summed E-state index contributed by atoms with van der Waals surface area (Å²) in [5.41, 5.74) is 1.15. The molecule has 0 spiro atoms. The molecule has 0 aliphatic carbocycles. The fourth-order valence-electron chi connectivity index (χ4n) is 3.50. The molecule has 0 N–H and O–H groups in total. The molecule has 0 aromatic carbocycles. The molecule has 2 heterocycles. The molecule has 28 heavy (non-hydrogen) atoms. The van der Waals surface area contributed by atoms with E-state index >= 15 is 0 Å². The summed E-state index contributed by atoms with van der Waals surface area (Å²) < 4.78 is 7.19. The highest BCUT2D eigenvalue weighted by atomic mass is 32.1. The van der Waals surface area contributed by atoms with Gasteiger partial charge in [-0.3, -0.25) is 0 Å². The Kier molecular flexibility index (Phi) is 11.8. The van der Waals surface area contributed by atoms with E-state index in [1.54, 1.807) is 11.3 Å². The number of rotatable bonds is 16. The fourth-order valence-corrected chi connectivity index (χ4v) is 5.60. The number of allylic oxidation sites excluding steroid dienone is 2. The molecule has 0 saturated carbocycles. The van der Waals surface area contributed by atoms with Gasteiger partial charge in [-0.25, -0.2) is 4.98 Å². The predicted molar refractivity (Wildman–Crippen MR) is 127 cm³/mol. The smallest absolute Gasteiger partial charge is 0.274 e. The van der Waals surface area contributed by atoms with Gasteiger partial charge in [0, 0.05) is 9.75 Å². The number of unbranched alkanes of at least 4 members (excludes halogenated alkanes) is 11. The van der Waals surface area contributed by atoms with Crippen LogP contribution in [0.5, 0.6) is 5.19 Å². The Morgan fingerprint density at radius 1 is 0.750 bits per heavy atom. The molecule has 0 atom stereocenters. The normalized spacial score (nSPS) is 11.8. The van der Waals surface area contributed by atoms with E-state index in [2.05, 4.69) is 37.9 Å². The van der Waals surface area contributed by atoms with Crippen LogP contribution in [0.2, 0.25) is 0 Å². The van der Waals surface area contributed by atoms with E-state index in [1.807, 2.05) is 11.3 Å². The molecule has 158 valence electrons. The van der Waals surface area contributed by atoms with Crippen molar-refractivity contribution in [1.82, 2.24) is 4.98 Å². The first-order valence-electron chi connectivity index (χ1n) is 11.4. The lowest BCUT2D eigenvalue weighted by atomic mass is 10.1. The van der Waals surface area contributed by atoms with Gasteiger partial charge in [-0.15, -0.1) is 11.3 Å². The van der Waals surface area contributed by atoms with Crippen LogP contribution >= 0.6 is 22.7 Å². The maximum atomic E-state index is 5.88. The predicted octanol–water partition coefficient (Wildman–Crippen LogP) is 9.00. The molecule has 0 radical (unpaired) electrons. The van der Waals surface area contributed by atoms with Gasteiger partial charge in [-0.2, -0.15) is 0 Å². The second kappa shape index (κ2) is 14.2. The Morgan fingerprint density at radius 3 is 2.00 bits per heavy atom. The molecule has 4 heteroatoms. The molecule has 0 fully saturated rings. The van der Waals surface area contributed by atoms with E-state index in [0.717, 1.165) is 23.7 Å². The lowest BCUT2D eigenvalue weighted by Crippen LogP contribution is -1.96. The fraction of sp³-hybridized carbons (Fsp3) is 0.708. The SMILES string of the molecule is CCCCCC/C=C/CCCCCCCCCOc1nc2c(C)sc(C)c2s1. The Hall–Kier alpha value is -0.870. The summed E-state index contributed by atoms with van der Waals surface area (Å²) in [5.74, 6) is 0. The number of hydrogen-bond acceptors (Lipinski definition) is 4. The third-order valence-electron chi connectivity index (χ3n) is 5.20. The Bertz CT molecular complexity index is 652. The topological polar surface area (TPSA) is 22.1 Å². The van der Waals surface area contributed by atoms with E-state index in [-0.39, 0.29) is 0 Å². The molecule has 0 aliphatic heterocycles. The van der Waals surface area contributed by atoms with Crippen molar-refractivity contribution < 1.29 is 4.74 Å². The Morgan fingerprint density at radius 2 is 1.36 bits per heavy atom. The zero-order chi connectivity index (χ0) is 20.0. The van der Waals surface area contributed by atoms with Crippen molar-refractivity contribution in [2.24, 2.45) is 0 Å². The Balaban J connectivity index is 1.38. The number of ether oxygens (including phenoxy) is 1. The number of aryl methyl sites for hydroxylation is 2. The summed E-state index contributed by atoms with van der Waals surface area (Å²) in [6, 6.07) is 0. The van der Waals surface area contributed by atoms with Crippen molar-refractivity contribution in [2.45, 2.75) is 104 Å². The maximum absolute atomic E-state index is 5.88. The number of hydrogen-bond donors (Lipinski definition) is 0. The van der Waals surface area contributed by atoms with Crippen molar-refractivity contribution in [3.8, 4) is 5.19 Å². The first-order valence-corrected chi connectivity index (χ1v) is 13.0. The third kappa shape index (κ3) is 8.65. The summed E-state index contributed by atoms with van der Waals surface area (Å²) in [5, 5.41) is 0.849. The lowest BCUT2D eigenvalue weighted by Gasteiger charge is -2.03. The van der Waals surface area contributed by atoms with E-state index in [4.69, 9.17) is 4.74 Å². The van der Waals surface area contributed by atoms with Gasteiger partial charge >= 0.3 is 0 Å². The van der Waals surface area contributed by atoms with Gasteiger partial charge in [-0.05, 0) is 46.0 Å². The van der Waals surface area contributed by atoms with E-state index in [9.17, 15) is 0 Å². The molecule has 0 bridgehead atoms. The summed E-state index contributed by atoms with van der Waals surface area (Å²) in [7, 11) is 0. The molecule has 2 rings (SSSR count). The van der Waals surface area contributed by atoms with E-state index in [0.29, 0.717) is 0 Å². The molecule has 0 unspecified atom stereocenters. The van der Waals surface area contributed by atoms with Crippen molar-refractivity contribution >= 4 is 32.9 Å². The van der Waals surface area contributed by atoms with Crippen molar-refractivity contribution in [3.63, 3.8) is 0 Å². The summed E-state index contributed by atoms with van der Waals surface area (Å²) >= 11 is 3.54. The summed E-state index contributed by atoms with van der Waals surface area (Å²) in [6.45, 7) is 7.40. The molecule has 2 nitrogen and oxygen atoms in total. The van der Waals surface area contributed by atoms with Crippen molar-refractivity contribution in [3.05, 3.63) is 21.9 Å². The highest BCUT2D eigenvalue weighted by Gasteiger charge is 2.12. The number of fused-ring (bicyclic) bond motifs is 1. The number of aromatic nitrogens is 1. The van der Waals surface area contributed by atoms with E-state index < -0.39 is 0 Å². The standard InChI is InChI=1S/C24H39NOS2/c1-4-5-6-7-8-9-10-11-12-13-14-15-16-17-18-19-26-24-25-22-20(2)27-21(3)23(22)28-24/h9-10H,4-8,11-19H2,1-3H3/b10-9+. The van der Waals surface area contributed by atoms with Gasteiger partial charge < -0.3 is 4.74 Å². The average molecular weight is 422 g/mol. The number of nitrogens with zero attached hydrogens (tertiary/aromatic N) is 1. The van der Waals surface area contributed by atoms with Crippen LogP contribution in [0.25, 0.3) is 10.2 Å². The van der Waals surface area contributed by atoms with Crippen LogP contribution in [0.3, 0.4) is 0 Å². The van der Waals surface area contributed by atoms with Crippen LogP contribution < -0.4 is 4.74 Å². The molecule has 0 aliphatic rings. The largest absolute Gasteiger partial charge is 0.470 e. The quantitative estimate of drug-likeness (QED) is 0.199. The van der Waals surface area contributed by atoms with E-state index in [1.165, 1.54) is 91.5 Å². The summed E-state index contributed by atoms with van der Waals surface area (Å²) in [6.07, 6.45) is 22.1. The van der Waals surface area contributed by atoms with Gasteiger partial charge in [0.15, 0.2) is 0 Å². The minimum atomic E-state index is 0.806. The van der Waals surface area contributed by atoms with Crippen LogP contribution in [0, 0.1) is 13.8 Å². The third-order valence-corrected chi connectivity index (χ3v) is 7.43. The second-order valence-corrected chi connectivity index (χ2v) is 10.2. The first kappa shape index (κ1) is 23.4. The molecular formula is C24H39NOS2. The first-order chi connectivity index (χ1) is 13.7. The summed E-state index contributed by atoms with van der Waals surface area (Å²) in [4.78, 5) is 7.31. The molecule has 2 aromatic heterocycles. The van der Waals surface area contributed by atoms with Crippen LogP contribution in [0.1, 0.15) is 100 Å². The maximum Gasteiger partial charge on any atom is 0.274 e. The van der Waals surface area contributed by atoms with Gasteiger partial charge in [-0.1, -0.05) is 81.8 Å². The van der Waals surface area contributed by atoms with Crippen LogP contribution in [0.4, 0.5) is 0 Å². The van der Waals surface area contributed by atoms with Gasteiger partial charge in [0.1, 0.15) is 0 Å². The van der Waals surface area contributed by atoms with Crippen molar-refractivity contribution in [1.29, 1.82) is 0 Å². The second-order valence-electron chi connectivity index (χ2n) is 7.80. The number of thiophene rings is 1. The van der Waals surface area contributed by atoms with Crippen molar-refractivity contribution in [2.75, 3.05) is 6.61 Å². The minimum absolute atomic E-state index is 0.806. The van der Waals surface area contributed by atoms with Crippen LogP contribution in [-0.2, 0) is 0 Å². The van der Waals surface area contributed by atoms with Crippen LogP contribution in [-0.4, -0.2) is 11.6 Å².